The third kappa shape index (κ3) is 3.79. The summed E-state index contributed by atoms with van der Waals surface area (Å²) in [6.07, 6.45) is 5.45. The summed E-state index contributed by atoms with van der Waals surface area (Å²) in [6.45, 7) is 3.41. The number of carbonyl (C=O) groups excluding carboxylic acids is 1. The standard InChI is InChI=1S/C17H27N3O4/c1-19-15(3-7-18-19)16(21)20-8-5-17(6-9-20)13-14(4-10-24-17)23-12-11-22-2/h3,7,14H,4-6,8-13H2,1-2H3. The summed E-state index contributed by atoms with van der Waals surface area (Å²) in [5, 5.41) is 4.08. The molecular weight excluding hydrogens is 310 g/mol. The van der Waals surface area contributed by atoms with E-state index in [1.807, 2.05) is 4.90 Å². The van der Waals surface area contributed by atoms with E-state index in [4.69, 9.17) is 14.2 Å². The van der Waals surface area contributed by atoms with Crippen LogP contribution in [0, 0.1) is 0 Å². The summed E-state index contributed by atoms with van der Waals surface area (Å²) >= 11 is 0. The van der Waals surface area contributed by atoms with Crippen LogP contribution in [0.1, 0.15) is 36.2 Å². The summed E-state index contributed by atoms with van der Waals surface area (Å²) in [4.78, 5) is 14.5. The van der Waals surface area contributed by atoms with Crippen molar-refractivity contribution in [3.63, 3.8) is 0 Å². The molecule has 1 aromatic heterocycles. The van der Waals surface area contributed by atoms with E-state index >= 15 is 0 Å². The van der Waals surface area contributed by atoms with E-state index < -0.39 is 0 Å². The fraction of sp³-hybridized carbons (Fsp3) is 0.765. The highest BCUT2D eigenvalue weighted by atomic mass is 16.5. The Balaban J connectivity index is 1.54. The molecule has 3 heterocycles. The average molecular weight is 337 g/mol. The summed E-state index contributed by atoms with van der Waals surface area (Å²) in [7, 11) is 3.48. The highest BCUT2D eigenvalue weighted by Crippen LogP contribution is 2.36. The van der Waals surface area contributed by atoms with Gasteiger partial charge in [0.25, 0.3) is 5.91 Å². The maximum absolute atomic E-state index is 12.6. The van der Waals surface area contributed by atoms with Crippen molar-refractivity contribution in [3.05, 3.63) is 18.0 Å². The molecular formula is C17H27N3O4. The van der Waals surface area contributed by atoms with Gasteiger partial charge in [-0.1, -0.05) is 0 Å². The van der Waals surface area contributed by atoms with E-state index in [1.54, 1.807) is 31.1 Å². The molecule has 0 saturated carbocycles. The number of hydrogen-bond donors (Lipinski definition) is 0. The Morgan fingerprint density at radius 1 is 1.42 bits per heavy atom. The maximum Gasteiger partial charge on any atom is 0.272 e. The van der Waals surface area contributed by atoms with Gasteiger partial charge in [-0.15, -0.1) is 0 Å². The van der Waals surface area contributed by atoms with Gasteiger partial charge in [0.05, 0.1) is 24.9 Å². The molecule has 0 aromatic carbocycles. The van der Waals surface area contributed by atoms with Gasteiger partial charge in [-0.2, -0.15) is 5.10 Å². The molecule has 1 unspecified atom stereocenters. The van der Waals surface area contributed by atoms with Gasteiger partial charge in [0, 0.05) is 46.5 Å². The first kappa shape index (κ1) is 17.4. The summed E-state index contributed by atoms with van der Waals surface area (Å²) in [5.74, 6) is 0.0496. The third-order valence-electron chi connectivity index (χ3n) is 5.09. The number of aromatic nitrogens is 2. The largest absolute Gasteiger partial charge is 0.382 e. The predicted molar refractivity (Wildman–Crippen MR) is 87.9 cm³/mol. The monoisotopic (exact) mass is 337 g/mol. The molecule has 2 aliphatic rings. The number of likely N-dealkylation sites (tertiary alicyclic amines) is 1. The topological polar surface area (TPSA) is 65.8 Å². The van der Waals surface area contributed by atoms with E-state index in [0.717, 1.165) is 45.4 Å². The molecule has 1 amide bonds. The average Bonchev–Trinajstić information content (AvgIpc) is 3.01. The summed E-state index contributed by atoms with van der Waals surface area (Å²) in [6, 6.07) is 1.77. The number of carbonyl (C=O) groups is 1. The lowest BCUT2D eigenvalue weighted by Gasteiger charge is -2.46. The zero-order chi connectivity index (χ0) is 17.0. The Morgan fingerprint density at radius 3 is 2.88 bits per heavy atom. The first-order valence-corrected chi connectivity index (χ1v) is 8.65. The van der Waals surface area contributed by atoms with Gasteiger partial charge < -0.3 is 19.1 Å². The number of aryl methyl sites for hydroxylation is 1. The number of methoxy groups -OCH3 is 1. The van der Waals surface area contributed by atoms with Crippen molar-refractivity contribution in [3.8, 4) is 0 Å². The molecule has 3 rings (SSSR count). The second kappa shape index (κ2) is 7.63. The SMILES string of the molecule is COCCOC1CCOC2(CCN(C(=O)c3ccnn3C)CC2)C1. The minimum atomic E-state index is -0.140. The molecule has 1 aromatic rings. The first-order chi connectivity index (χ1) is 11.6. The van der Waals surface area contributed by atoms with Gasteiger partial charge in [0.2, 0.25) is 0 Å². The number of piperidine rings is 1. The molecule has 0 aliphatic carbocycles. The van der Waals surface area contributed by atoms with Crippen LogP contribution in [0.4, 0.5) is 0 Å². The Bertz CT molecular complexity index is 552. The minimum Gasteiger partial charge on any atom is -0.382 e. The predicted octanol–water partition coefficient (Wildman–Crippen LogP) is 1.24. The van der Waals surface area contributed by atoms with Crippen LogP contribution in [0.25, 0.3) is 0 Å². The molecule has 7 nitrogen and oxygen atoms in total. The number of amides is 1. The number of nitrogens with zero attached hydrogens (tertiary/aromatic N) is 3. The molecule has 7 heteroatoms. The molecule has 0 radical (unpaired) electrons. The van der Waals surface area contributed by atoms with Gasteiger partial charge >= 0.3 is 0 Å². The molecule has 1 spiro atoms. The van der Waals surface area contributed by atoms with E-state index in [2.05, 4.69) is 5.10 Å². The Hall–Kier alpha value is -1.44. The van der Waals surface area contributed by atoms with Gasteiger partial charge in [0.15, 0.2) is 0 Å². The van der Waals surface area contributed by atoms with Crippen molar-refractivity contribution in [2.45, 2.75) is 37.4 Å². The second-order valence-electron chi connectivity index (χ2n) is 6.64. The third-order valence-corrected chi connectivity index (χ3v) is 5.09. The molecule has 0 N–H and O–H groups in total. The van der Waals surface area contributed by atoms with E-state index in [9.17, 15) is 4.79 Å². The van der Waals surface area contributed by atoms with Crippen LogP contribution in [0.5, 0.6) is 0 Å². The lowest BCUT2D eigenvalue weighted by molar-refractivity contribution is -0.154. The zero-order valence-electron chi connectivity index (χ0n) is 14.6. The quantitative estimate of drug-likeness (QED) is 0.756. The summed E-state index contributed by atoms with van der Waals surface area (Å²) < 4.78 is 18.7. The van der Waals surface area contributed by atoms with Crippen LogP contribution in [0.3, 0.4) is 0 Å². The van der Waals surface area contributed by atoms with Crippen molar-refractivity contribution < 1.29 is 19.0 Å². The maximum atomic E-state index is 12.6. The van der Waals surface area contributed by atoms with Crippen LogP contribution in [0.2, 0.25) is 0 Å². The van der Waals surface area contributed by atoms with Crippen LogP contribution in [-0.4, -0.2) is 72.3 Å². The molecule has 2 fully saturated rings. The molecule has 134 valence electrons. The van der Waals surface area contributed by atoms with Crippen molar-refractivity contribution in [2.75, 3.05) is 40.0 Å². The van der Waals surface area contributed by atoms with E-state index in [1.165, 1.54) is 0 Å². The first-order valence-electron chi connectivity index (χ1n) is 8.65. The second-order valence-corrected chi connectivity index (χ2v) is 6.64. The molecule has 2 aliphatic heterocycles. The van der Waals surface area contributed by atoms with Gasteiger partial charge in [-0.05, 0) is 25.3 Å². The Morgan fingerprint density at radius 2 is 2.21 bits per heavy atom. The van der Waals surface area contributed by atoms with E-state index in [0.29, 0.717) is 18.9 Å². The minimum absolute atomic E-state index is 0.0496. The summed E-state index contributed by atoms with van der Waals surface area (Å²) in [5.41, 5.74) is 0.496. The molecule has 2 saturated heterocycles. The van der Waals surface area contributed by atoms with Crippen LogP contribution >= 0.6 is 0 Å². The smallest absolute Gasteiger partial charge is 0.272 e. The lowest BCUT2D eigenvalue weighted by Crippen LogP contribution is -2.52. The normalized spacial score (nSPS) is 23.6. The van der Waals surface area contributed by atoms with Crippen molar-refractivity contribution in [2.24, 2.45) is 7.05 Å². The zero-order valence-corrected chi connectivity index (χ0v) is 14.6. The van der Waals surface area contributed by atoms with Crippen molar-refractivity contribution >= 4 is 5.91 Å². The molecule has 0 bridgehead atoms. The van der Waals surface area contributed by atoms with Gasteiger partial charge in [-0.3, -0.25) is 9.48 Å². The molecule has 1 atom stereocenters. The molecule has 24 heavy (non-hydrogen) atoms. The van der Waals surface area contributed by atoms with Gasteiger partial charge in [-0.25, -0.2) is 0 Å². The lowest BCUT2D eigenvalue weighted by atomic mass is 9.83. The number of hydrogen-bond acceptors (Lipinski definition) is 5. The Kier molecular flexibility index (Phi) is 5.53. The van der Waals surface area contributed by atoms with Crippen molar-refractivity contribution in [1.29, 1.82) is 0 Å². The van der Waals surface area contributed by atoms with Crippen LogP contribution in [0.15, 0.2) is 12.3 Å². The van der Waals surface area contributed by atoms with Gasteiger partial charge in [0.1, 0.15) is 5.69 Å². The fourth-order valence-corrected chi connectivity index (χ4v) is 3.63. The Labute approximate surface area is 142 Å². The van der Waals surface area contributed by atoms with Crippen LogP contribution in [-0.2, 0) is 21.3 Å². The fourth-order valence-electron chi connectivity index (χ4n) is 3.63. The van der Waals surface area contributed by atoms with E-state index in [-0.39, 0.29) is 17.6 Å². The highest BCUT2D eigenvalue weighted by Gasteiger charge is 2.41. The number of rotatable bonds is 5. The number of ether oxygens (including phenoxy) is 3. The van der Waals surface area contributed by atoms with Crippen molar-refractivity contribution in [1.82, 2.24) is 14.7 Å². The van der Waals surface area contributed by atoms with Crippen LogP contribution < -0.4 is 0 Å². The highest BCUT2D eigenvalue weighted by molar-refractivity contribution is 5.92.